The first-order chi connectivity index (χ1) is 12.3. The van der Waals surface area contributed by atoms with Gasteiger partial charge in [0.05, 0.1) is 24.4 Å². The Balaban J connectivity index is 1.98. The lowest BCUT2D eigenvalue weighted by Crippen LogP contribution is -2.72. The van der Waals surface area contributed by atoms with Gasteiger partial charge in [0, 0.05) is 7.11 Å². The van der Waals surface area contributed by atoms with E-state index in [2.05, 4.69) is 21.3 Å². The van der Waals surface area contributed by atoms with Crippen molar-refractivity contribution in [1.29, 1.82) is 0 Å². The van der Waals surface area contributed by atoms with E-state index in [0.29, 0.717) is 19.3 Å². The van der Waals surface area contributed by atoms with Crippen molar-refractivity contribution >= 4 is 22.0 Å². The molecule has 2 fully saturated rings. The fraction of sp³-hybridized carbons (Fsp3) is 0.857. The third-order valence-corrected chi connectivity index (χ3v) is 6.32. The molecule has 0 aromatic heterocycles. The van der Waals surface area contributed by atoms with Crippen LogP contribution in [-0.2, 0) is 24.3 Å². The van der Waals surface area contributed by atoms with Crippen LogP contribution in [0.1, 0.15) is 32.6 Å². The van der Waals surface area contributed by atoms with Gasteiger partial charge < -0.3 is 14.8 Å². The minimum atomic E-state index is -4.04. The van der Waals surface area contributed by atoms with Crippen LogP contribution >= 0.6 is 0 Å². The van der Waals surface area contributed by atoms with Crippen LogP contribution in [0.15, 0.2) is 0 Å². The number of hydrogen-bond acceptors (Lipinski definition) is 9. The molecule has 2 rings (SSSR count). The summed E-state index contributed by atoms with van der Waals surface area (Å²) in [6, 6.07) is -0.895. The number of carbonyl (C=O) groups is 2. The summed E-state index contributed by atoms with van der Waals surface area (Å²) in [4.78, 5) is 24.0. The van der Waals surface area contributed by atoms with E-state index in [0.717, 1.165) is 6.42 Å². The van der Waals surface area contributed by atoms with Gasteiger partial charge in [0.25, 0.3) is 0 Å². The average Bonchev–Trinajstić information content (AvgIpc) is 2.59. The molecular weight excluding hydrogens is 366 g/mol. The van der Waals surface area contributed by atoms with Gasteiger partial charge >= 0.3 is 12.0 Å². The number of amides is 2. The molecule has 5 N–H and O–H groups in total. The lowest BCUT2D eigenvalue weighted by atomic mass is 9.89. The molecule has 2 aliphatic rings. The highest BCUT2D eigenvalue weighted by molar-refractivity contribution is 7.90. The first kappa shape index (κ1) is 20.8. The van der Waals surface area contributed by atoms with E-state index in [1.54, 1.807) is 0 Å². The second kappa shape index (κ2) is 8.95. The molecule has 1 saturated heterocycles. The summed E-state index contributed by atoms with van der Waals surface area (Å²) in [5.41, 5.74) is 0. The summed E-state index contributed by atoms with van der Waals surface area (Å²) in [7, 11) is -1.32. The number of esters is 1. The largest absolute Gasteiger partial charge is 0.469 e. The second-order valence-electron chi connectivity index (χ2n) is 6.34. The summed E-state index contributed by atoms with van der Waals surface area (Å²) >= 11 is 0. The van der Waals surface area contributed by atoms with Crippen LogP contribution in [0.5, 0.6) is 0 Å². The lowest BCUT2D eigenvalue weighted by Gasteiger charge is -2.36. The topological polar surface area (TPSA) is 147 Å². The van der Waals surface area contributed by atoms with E-state index in [4.69, 9.17) is 9.47 Å². The van der Waals surface area contributed by atoms with Crippen molar-refractivity contribution in [3.05, 3.63) is 0 Å². The molecule has 5 unspecified atom stereocenters. The van der Waals surface area contributed by atoms with Crippen molar-refractivity contribution in [3.63, 3.8) is 0 Å². The van der Waals surface area contributed by atoms with Gasteiger partial charge in [0.2, 0.25) is 10.0 Å². The fourth-order valence-electron chi connectivity index (χ4n) is 3.25. The maximum atomic E-state index is 12.6. The summed E-state index contributed by atoms with van der Waals surface area (Å²) in [5, 5.41) is 10.3. The molecule has 1 saturated carbocycles. The number of rotatable bonds is 5. The van der Waals surface area contributed by atoms with Gasteiger partial charge in [-0.2, -0.15) is 0 Å². The SMILES string of the molecule is COC(=O)C1CCCCC1S(=O)(=O)NC(=O)NC1NC(C)NC(OC)N1. The fourth-order valence-corrected chi connectivity index (χ4v) is 4.87. The van der Waals surface area contributed by atoms with Gasteiger partial charge in [-0.05, 0) is 19.8 Å². The molecule has 0 aromatic rings. The first-order valence-electron chi connectivity index (χ1n) is 8.47. The number of ether oxygens (including phenoxy) is 2. The molecule has 12 heteroatoms. The Hall–Kier alpha value is -1.47. The van der Waals surface area contributed by atoms with Crippen LogP contribution in [0, 0.1) is 5.92 Å². The molecule has 11 nitrogen and oxygen atoms in total. The quantitative estimate of drug-likeness (QED) is 0.359. The van der Waals surface area contributed by atoms with Gasteiger partial charge in [-0.15, -0.1) is 0 Å². The minimum absolute atomic E-state index is 0.176. The number of sulfonamides is 1. The number of methoxy groups -OCH3 is 2. The zero-order valence-corrected chi connectivity index (χ0v) is 15.9. The highest BCUT2D eigenvalue weighted by Crippen LogP contribution is 2.30. The Labute approximate surface area is 153 Å². The van der Waals surface area contributed by atoms with Crippen LogP contribution in [0.25, 0.3) is 0 Å². The Morgan fingerprint density at radius 3 is 2.42 bits per heavy atom. The Bertz CT molecular complexity index is 615. The zero-order valence-electron chi connectivity index (χ0n) is 15.1. The molecular formula is C14H27N5O6S. The lowest BCUT2D eigenvalue weighted by molar-refractivity contribution is -0.146. The number of urea groups is 1. The van der Waals surface area contributed by atoms with Crippen molar-refractivity contribution in [2.75, 3.05) is 14.2 Å². The van der Waals surface area contributed by atoms with Crippen LogP contribution < -0.4 is 26.0 Å². The predicted octanol–water partition coefficient (Wildman–Crippen LogP) is -1.31. The molecule has 5 atom stereocenters. The summed E-state index contributed by atoms with van der Waals surface area (Å²) in [6.07, 6.45) is 0.760. The summed E-state index contributed by atoms with van der Waals surface area (Å²) in [5.74, 6) is -1.34. The van der Waals surface area contributed by atoms with Gasteiger partial charge in [-0.3, -0.25) is 15.4 Å². The third-order valence-electron chi connectivity index (χ3n) is 4.49. The third kappa shape index (κ3) is 5.27. The smallest absolute Gasteiger partial charge is 0.330 e. The van der Waals surface area contributed by atoms with E-state index in [9.17, 15) is 18.0 Å². The molecule has 150 valence electrons. The molecule has 26 heavy (non-hydrogen) atoms. The molecule has 2 amide bonds. The van der Waals surface area contributed by atoms with Crippen LogP contribution in [0.4, 0.5) is 4.79 Å². The van der Waals surface area contributed by atoms with Gasteiger partial charge in [0.1, 0.15) is 6.29 Å². The van der Waals surface area contributed by atoms with Crippen LogP contribution in [0.2, 0.25) is 0 Å². The van der Waals surface area contributed by atoms with Crippen LogP contribution in [0.3, 0.4) is 0 Å². The minimum Gasteiger partial charge on any atom is -0.469 e. The Kier molecular flexibility index (Phi) is 7.17. The maximum Gasteiger partial charge on any atom is 0.330 e. The summed E-state index contributed by atoms with van der Waals surface area (Å²) in [6.45, 7) is 1.82. The Morgan fingerprint density at radius 2 is 1.77 bits per heavy atom. The van der Waals surface area contributed by atoms with E-state index in [-0.39, 0.29) is 6.17 Å². The van der Waals surface area contributed by atoms with Gasteiger partial charge in [-0.25, -0.2) is 23.3 Å². The number of carbonyl (C=O) groups excluding carboxylic acids is 2. The zero-order chi connectivity index (χ0) is 19.3. The van der Waals surface area contributed by atoms with Crippen LogP contribution in [-0.4, -0.2) is 58.7 Å². The van der Waals surface area contributed by atoms with E-state index >= 15 is 0 Å². The van der Waals surface area contributed by atoms with E-state index < -0.39 is 45.8 Å². The molecule has 1 aliphatic heterocycles. The standard InChI is InChI=1S/C14H27N5O6S/c1-8-15-12(18-14(16-8)25-3)17-13(21)19-26(22,23)10-7-5-4-6-9(10)11(20)24-2/h8-10,12,14-16,18H,4-7H2,1-3H3,(H2,17,19,21). The van der Waals surface area contributed by atoms with Gasteiger partial charge in [0.15, 0.2) is 6.35 Å². The van der Waals surface area contributed by atoms with E-state index in [1.165, 1.54) is 14.2 Å². The van der Waals surface area contributed by atoms with Crippen molar-refractivity contribution in [3.8, 4) is 0 Å². The predicted molar refractivity (Wildman–Crippen MR) is 91.8 cm³/mol. The van der Waals surface area contributed by atoms with Crippen molar-refractivity contribution in [2.45, 2.75) is 56.7 Å². The molecule has 1 aliphatic carbocycles. The molecule has 0 aromatic carbocycles. The number of nitrogens with one attached hydrogen (secondary N) is 5. The normalized spacial score (nSPS) is 32.5. The average molecular weight is 393 g/mol. The van der Waals surface area contributed by atoms with Crippen molar-refractivity contribution in [2.24, 2.45) is 5.92 Å². The van der Waals surface area contributed by atoms with Gasteiger partial charge in [-0.1, -0.05) is 12.8 Å². The highest BCUT2D eigenvalue weighted by Gasteiger charge is 2.41. The molecule has 0 radical (unpaired) electrons. The van der Waals surface area contributed by atoms with Crippen molar-refractivity contribution in [1.82, 2.24) is 26.0 Å². The molecule has 0 spiro atoms. The van der Waals surface area contributed by atoms with E-state index in [1.807, 2.05) is 11.6 Å². The molecule has 0 bridgehead atoms. The first-order valence-corrected chi connectivity index (χ1v) is 10.0. The number of hydrogen-bond donors (Lipinski definition) is 5. The second-order valence-corrected chi connectivity index (χ2v) is 8.24. The maximum absolute atomic E-state index is 12.6. The molecule has 1 heterocycles. The van der Waals surface area contributed by atoms with Crippen molar-refractivity contribution < 1.29 is 27.5 Å². The Morgan fingerprint density at radius 1 is 1.08 bits per heavy atom. The summed E-state index contributed by atoms with van der Waals surface area (Å²) < 4.78 is 37.0. The highest BCUT2D eigenvalue weighted by atomic mass is 32.2. The monoisotopic (exact) mass is 393 g/mol.